The lowest BCUT2D eigenvalue weighted by Crippen LogP contribution is -2.58. The Labute approximate surface area is 243 Å². The zero-order valence-electron chi connectivity index (χ0n) is 22.7. The predicted octanol–water partition coefficient (Wildman–Crippen LogP) is 1.55. The van der Waals surface area contributed by atoms with Crippen molar-refractivity contribution in [3.8, 4) is 5.75 Å². The molecular formula is C28H38N4O6S2. The number of hydrogen-bond acceptors (Lipinski definition) is 8. The highest BCUT2D eigenvalue weighted by Crippen LogP contribution is 2.13. The van der Waals surface area contributed by atoms with Gasteiger partial charge in [0.15, 0.2) is 0 Å². The summed E-state index contributed by atoms with van der Waals surface area (Å²) in [5.74, 6) is -1.69. The summed E-state index contributed by atoms with van der Waals surface area (Å²) in [4.78, 5) is 51.4. The topological polar surface area (TPSA) is 171 Å². The molecule has 0 saturated carbocycles. The van der Waals surface area contributed by atoms with E-state index in [1.807, 2.05) is 42.8 Å². The number of nitrogens with two attached hydrogens (primary N) is 1. The minimum atomic E-state index is -1.18. The van der Waals surface area contributed by atoms with Gasteiger partial charge < -0.3 is 31.9 Å². The van der Waals surface area contributed by atoms with Crippen molar-refractivity contribution in [2.24, 2.45) is 5.73 Å². The van der Waals surface area contributed by atoms with Crippen LogP contribution in [0.2, 0.25) is 0 Å². The number of carbonyl (C=O) groups is 4. The summed E-state index contributed by atoms with van der Waals surface area (Å²) in [7, 11) is 0. The summed E-state index contributed by atoms with van der Waals surface area (Å²) in [6.07, 6.45) is 4.58. The fourth-order valence-electron chi connectivity index (χ4n) is 3.83. The van der Waals surface area contributed by atoms with Gasteiger partial charge >= 0.3 is 5.97 Å². The molecule has 0 aliphatic heterocycles. The third-order valence-electron chi connectivity index (χ3n) is 6.12. The van der Waals surface area contributed by atoms with Gasteiger partial charge in [0.05, 0.1) is 6.04 Å². The van der Waals surface area contributed by atoms with Crippen LogP contribution in [0.3, 0.4) is 0 Å². The van der Waals surface area contributed by atoms with Crippen molar-refractivity contribution in [2.45, 2.75) is 49.9 Å². The number of rotatable bonds is 17. The van der Waals surface area contributed by atoms with Crippen molar-refractivity contribution >= 4 is 47.2 Å². The Morgan fingerprint density at radius 3 is 1.73 bits per heavy atom. The first kappa shape index (κ1) is 33.0. The number of nitrogens with one attached hydrogen (secondary N) is 3. The second-order valence-corrected chi connectivity index (χ2v) is 11.2. The van der Waals surface area contributed by atoms with Crippen LogP contribution in [0.15, 0.2) is 54.6 Å². The highest BCUT2D eigenvalue weighted by molar-refractivity contribution is 7.98. The molecule has 12 heteroatoms. The van der Waals surface area contributed by atoms with Gasteiger partial charge in [-0.3, -0.25) is 14.4 Å². The lowest BCUT2D eigenvalue weighted by Gasteiger charge is -2.25. The average Bonchev–Trinajstić information content (AvgIpc) is 2.94. The van der Waals surface area contributed by atoms with Gasteiger partial charge in [-0.15, -0.1) is 0 Å². The van der Waals surface area contributed by atoms with Crippen molar-refractivity contribution in [1.29, 1.82) is 0 Å². The third-order valence-corrected chi connectivity index (χ3v) is 7.41. The van der Waals surface area contributed by atoms with E-state index in [0.29, 0.717) is 23.5 Å². The normalized spacial score (nSPS) is 13.9. The molecule has 3 amide bonds. The van der Waals surface area contributed by atoms with Crippen LogP contribution in [-0.2, 0) is 32.0 Å². The summed E-state index contributed by atoms with van der Waals surface area (Å²) in [5.41, 5.74) is 7.46. The average molecular weight is 591 g/mol. The fourth-order valence-corrected chi connectivity index (χ4v) is 4.79. The molecule has 40 heavy (non-hydrogen) atoms. The van der Waals surface area contributed by atoms with Gasteiger partial charge in [0, 0.05) is 12.8 Å². The van der Waals surface area contributed by atoms with Crippen LogP contribution < -0.4 is 21.7 Å². The largest absolute Gasteiger partial charge is 0.508 e. The number of aliphatic carboxylic acids is 1. The van der Waals surface area contributed by atoms with Gasteiger partial charge in [0.2, 0.25) is 17.7 Å². The number of aromatic hydroxyl groups is 1. The Morgan fingerprint density at radius 1 is 0.725 bits per heavy atom. The van der Waals surface area contributed by atoms with Crippen LogP contribution in [0, 0.1) is 0 Å². The molecule has 0 heterocycles. The lowest BCUT2D eigenvalue weighted by atomic mass is 10.0. The summed E-state index contributed by atoms with van der Waals surface area (Å²) in [6.45, 7) is 0. The molecule has 2 aromatic rings. The number of hydrogen-bond donors (Lipinski definition) is 6. The summed E-state index contributed by atoms with van der Waals surface area (Å²) >= 11 is 3.01. The van der Waals surface area contributed by atoms with E-state index < -0.39 is 47.9 Å². The number of carboxylic acid groups (broad SMARTS) is 1. The first-order valence-electron chi connectivity index (χ1n) is 12.8. The number of phenolic OH excluding ortho intramolecular Hbond substituents is 1. The number of amides is 3. The maximum absolute atomic E-state index is 13.6. The molecule has 4 unspecified atom stereocenters. The lowest BCUT2D eigenvalue weighted by molar-refractivity contribution is -0.142. The molecular weight excluding hydrogens is 552 g/mol. The minimum Gasteiger partial charge on any atom is -0.508 e. The van der Waals surface area contributed by atoms with E-state index in [1.165, 1.54) is 23.9 Å². The summed E-state index contributed by atoms with van der Waals surface area (Å²) in [5, 5.41) is 27.2. The molecule has 0 spiro atoms. The highest BCUT2D eigenvalue weighted by atomic mass is 32.2. The zero-order chi connectivity index (χ0) is 29.5. The molecule has 0 aliphatic rings. The summed E-state index contributed by atoms with van der Waals surface area (Å²) < 4.78 is 0. The second-order valence-electron chi connectivity index (χ2n) is 9.25. The monoisotopic (exact) mass is 590 g/mol. The van der Waals surface area contributed by atoms with E-state index in [4.69, 9.17) is 5.73 Å². The van der Waals surface area contributed by atoms with Gasteiger partial charge in [0.1, 0.15) is 23.9 Å². The molecule has 7 N–H and O–H groups in total. The standard InChI is InChI=1S/C28H38N4O6S2/c1-39-14-12-21(29)25(34)31-23(16-18-6-4-3-5-7-18)27(36)32-24(17-19-8-10-20(33)11-9-19)26(35)30-22(28(37)38)13-15-40-2/h3-11,21-24,33H,12-17,29H2,1-2H3,(H,30,35)(H,31,34)(H,32,36)(H,37,38). The zero-order valence-corrected chi connectivity index (χ0v) is 24.3. The predicted molar refractivity (Wildman–Crippen MR) is 159 cm³/mol. The maximum Gasteiger partial charge on any atom is 0.326 e. The second kappa shape index (κ2) is 17.5. The molecule has 0 radical (unpaired) electrons. The van der Waals surface area contributed by atoms with Crippen LogP contribution in [-0.4, -0.2) is 82.1 Å². The van der Waals surface area contributed by atoms with E-state index in [1.54, 1.807) is 23.9 Å². The molecule has 0 aliphatic carbocycles. The van der Waals surface area contributed by atoms with Crippen LogP contribution in [0.1, 0.15) is 24.0 Å². The molecule has 0 saturated heterocycles. The molecule has 0 fully saturated rings. The number of phenols is 1. The Kier molecular flexibility index (Phi) is 14.4. The maximum atomic E-state index is 13.6. The number of carbonyl (C=O) groups excluding carboxylic acids is 3. The third kappa shape index (κ3) is 11.5. The van der Waals surface area contributed by atoms with Gasteiger partial charge in [-0.25, -0.2) is 4.79 Å². The first-order chi connectivity index (χ1) is 19.1. The van der Waals surface area contributed by atoms with Crippen molar-refractivity contribution in [3.05, 3.63) is 65.7 Å². The molecule has 2 aromatic carbocycles. The Balaban J connectivity index is 2.29. The molecule has 10 nitrogen and oxygen atoms in total. The molecule has 218 valence electrons. The van der Waals surface area contributed by atoms with E-state index in [-0.39, 0.29) is 25.0 Å². The molecule has 2 rings (SSSR count). The Bertz CT molecular complexity index is 1100. The van der Waals surface area contributed by atoms with Gasteiger partial charge in [-0.05, 0) is 60.1 Å². The van der Waals surface area contributed by atoms with Crippen LogP contribution in [0.4, 0.5) is 0 Å². The quantitative estimate of drug-likeness (QED) is 0.160. The van der Waals surface area contributed by atoms with E-state index in [2.05, 4.69) is 16.0 Å². The van der Waals surface area contributed by atoms with Crippen LogP contribution >= 0.6 is 23.5 Å². The van der Waals surface area contributed by atoms with Gasteiger partial charge in [-0.1, -0.05) is 42.5 Å². The SMILES string of the molecule is CSCCC(N)C(=O)NC(Cc1ccccc1)C(=O)NC(Cc1ccc(O)cc1)C(=O)NC(CCSC)C(=O)O. The van der Waals surface area contributed by atoms with E-state index >= 15 is 0 Å². The molecule has 0 bridgehead atoms. The Hall–Kier alpha value is -3.22. The number of benzene rings is 2. The Morgan fingerprint density at radius 2 is 1.20 bits per heavy atom. The van der Waals surface area contributed by atoms with Gasteiger partial charge in [-0.2, -0.15) is 23.5 Å². The number of carboxylic acids is 1. The smallest absolute Gasteiger partial charge is 0.326 e. The first-order valence-corrected chi connectivity index (χ1v) is 15.6. The minimum absolute atomic E-state index is 0.0337. The van der Waals surface area contributed by atoms with Crippen LogP contribution in [0.25, 0.3) is 0 Å². The highest BCUT2D eigenvalue weighted by Gasteiger charge is 2.30. The van der Waals surface area contributed by atoms with Crippen molar-refractivity contribution in [2.75, 3.05) is 24.0 Å². The van der Waals surface area contributed by atoms with Crippen molar-refractivity contribution < 1.29 is 29.4 Å². The molecule has 0 aromatic heterocycles. The van der Waals surface area contributed by atoms with Crippen molar-refractivity contribution in [1.82, 2.24) is 16.0 Å². The summed E-state index contributed by atoms with van der Waals surface area (Å²) in [6, 6.07) is 11.1. The van der Waals surface area contributed by atoms with Crippen LogP contribution in [0.5, 0.6) is 5.75 Å². The fraction of sp³-hybridized carbons (Fsp3) is 0.429. The number of thioether (sulfide) groups is 2. The molecule has 4 atom stereocenters. The van der Waals surface area contributed by atoms with Crippen molar-refractivity contribution in [3.63, 3.8) is 0 Å². The van der Waals surface area contributed by atoms with E-state index in [9.17, 15) is 29.4 Å². The van der Waals surface area contributed by atoms with E-state index in [0.717, 1.165) is 5.56 Å². The van der Waals surface area contributed by atoms with Gasteiger partial charge in [0.25, 0.3) is 0 Å².